The standard InChI is InChI=1S/C15H19N3O4/c19-15(17-8-7-11-1-2-12(9-17)16-11)10-22-14-5-3-13(4-6-14)18(20)21/h3-6,11-12,16H,1-2,7-10H2. The van der Waals surface area contributed by atoms with Crippen LogP contribution in [-0.4, -0.2) is 47.5 Å². The second-order valence-corrected chi connectivity index (χ2v) is 5.81. The van der Waals surface area contributed by atoms with Gasteiger partial charge in [-0.15, -0.1) is 0 Å². The van der Waals surface area contributed by atoms with Crippen LogP contribution in [0.2, 0.25) is 0 Å². The number of hydrogen-bond acceptors (Lipinski definition) is 5. The lowest BCUT2D eigenvalue weighted by molar-refractivity contribution is -0.384. The maximum Gasteiger partial charge on any atom is 0.269 e. The normalized spacial score (nSPS) is 23.9. The summed E-state index contributed by atoms with van der Waals surface area (Å²) in [5, 5.41) is 14.1. The van der Waals surface area contributed by atoms with Gasteiger partial charge in [-0.05, 0) is 31.4 Å². The third kappa shape index (κ3) is 3.36. The van der Waals surface area contributed by atoms with Crippen LogP contribution in [0.3, 0.4) is 0 Å². The molecule has 1 N–H and O–H groups in total. The van der Waals surface area contributed by atoms with Gasteiger partial charge < -0.3 is 15.0 Å². The van der Waals surface area contributed by atoms with Crippen molar-refractivity contribution in [1.29, 1.82) is 0 Å². The summed E-state index contributed by atoms with van der Waals surface area (Å²) in [6, 6.07) is 6.70. The molecule has 0 radical (unpaired) electrons. The number of nitro groups is 1. The number of likely N-dealkylation sites (tertiary alicyclic amines) is 1. The molecule has 0 saturated carbocycles. The van der Waals surface area contributed by atoms with Crippen molar-refractivity contribution in [3.05, 3.63) is 34.4 Å². The van der Waals surface area contributed by atoms with Gasteiger partial charge in [-0.3, -0.25) is 14.9 Å². The Bertz CT molecular complexity index is 560. The molecule has 7 nitrogen and oxygen atoms in total. The van der Waals surface area contributed by atoms with Crippen molar-refractivity contribution in [2.75, 3.05) is 19.7 Å². The third-order valence-corrected chi connectivity index (χ3v) is 4.29. The number of non-ortho nitro benzene ring substituents is 1. The van der Waals surface area contributed by atoms with Crippen LogP contribution in [0, 0.1) is 10.1 Å². The van der Waals surface area contributed by atoms with E-state index in [1.165, 1.54) is 30.7 Å². The first-order valence-electron chi connectivity index (χ1n) is 7.53. The molecule has 1 aromatic rings. The second kappa shape index (κ2) is 6.31. The number of carbonyl (C=O) groups is 1. The van der Waals surface area contributed by atoms with E-state index in [4.69, 9.17) is 4.74 Å². The van der Waals surface area contributed by atoms with Crippen molar-refractivity contribution in [3.8, 4) is 5.75 Å². The first-order valence-corrected chi connectivity index (χ1v) is 7.53. The van der Waals surface area contributed by atoms with Crippen molar-refractivity contribution in [3.63, 3.8) is 0 Å². The third-order valence-electron chi connectivity index (χ3n) is 4.29. The van der Waals surface area contributed by atoms with Crippen molar-refractivity contribution in [2.45, 2.75) is 31.3 Å². The monoisotopic (exact) mass is 305 g/mol. The van der Waals surface area contributed by atoms with Crippen molar-refractivity contribution >= 4 is 11.6 Å². The van der Waals surface area contributed by atoms with Gasteiger partial charge in [0.1, 0.15) is 5.75 Å². The van der Waals surface area contributed by atoms with Crippen LogP contribution >= 0.6 is 0 Å². The number of carbonyl (C=O) groups excluding carboxylic acids is 1. The minimum Gasteiger partial charge on any atom is -0.484 e. The predicted molar refractivity (Wildman–Crippen MR) is 79.7 cm³/mol. The number of ether oxygens (including phenoxy) is 1. The summed E-state index contributed by atoms with van der Waals surface area (Å²) in [6.07, 6.45) is 3.31. The predicted octanol–water partition coefficient (Wildman–Crippen LogP) is 1.33. The first-order chi connectivity index (χ1) is 10.6. The Morgan fingerprint density at radius 3 is 2.73 bits per heavy atom. The zero-order chi connectivity index (χ0) is 15.5. The van der Waals surface area contributed by atoms with Crippen LogP contribution in [0.1, 0.15) is 19.3 Å². The van der Waals surface area contributed by atoms with E-state index >= 15 is 0 Å². The number of rotatable bonds is 4. The number of nitrogens with zero attached hydrogens (tertiary/aromatic N) is 2. The molecule has 118 valence electrons. The number of hydrogen-bond donors (Lipinski definition) is 1. The molecule has 22 heavy (non-hydrogen) atoms. The summed E-state index contributed by atoms with van der Waals surface area (Å²) in [4.78, 5) is 24.2. The molecule has 0 aromatic heterocycles. The molecule has 0 spiro atoms. The van der Waals surface area contributed by atoms with Gasteiger partial charge in [-0.2, -0.15) is 0 Å². The van der Waals surface area contributed by atoms with Gasteiger partial charge in [0.25, 0.3) is 11.6 Å². The van der Waals surface area contributed by atoms with Gasteiger partial charge in [-0.1, -0.05) is 0 Å². The summed E-state index contributed by atoms with van der Waals surface area (Å²) < 4.78 is 5.44. The topological polar surface area (TPSA) is 84.7 Å². The molecule has 2 aliphatic heterocycles. The Morgan fingerprint density at radius 1 is 1.27 bits per heavy atom. The summed E-state index contributed by atoms with van der Waals surface area (Å²) in [5.74, 6) is 0.432. The van der Waals surface area contributed by atoms with Gasteiger partial charge >= 0.3 is 0 Å². The average Bonchev–Trinajstić information content (AvgIpc) is 2.84. The highest BCUT2D eigenvalue weighted by molar-refractivity contribution is 5.77. The Labute approximate surface area is 128 Å². The van der Waals surface area contributed by atoms with Crippen LogP contribution in [0.5, 0.6) is 5.75 Å². The lowest BCUT2D eigenvalue weighted by Gasteiger charge is -2.24. The first kappa shape index (κ1) is 14.8. The maximum atomic E-state index is 12.2. The Balaban J connectivity index is 1.52. The van der Waals surface area contributed by atoms with Crippen LogP contribution < -0.4 is 10.1 Å². The Hall–Kier alpha value is -2.15. The molecular weight excluding hydrogens is 286 g/mol. The maximum absolute atomic E-state index is 12.2. The highest BCUT2D eigenvalue weighted by atomic mass is 16.6. The van der Waals surface area contributed by atoms with Crippen molar-refractivity contribution < 1.29 is 14.5 Å². The number of benzene rings is 1. The second-order valence-electron chi connectivity index (χ2n) is 5.81. The molecule has 2 heterocycles. The Kier molecular flexibility index (Phi) is 4.24. The van der Waals surface area contributed by atoms with Crippen LogP contribution in [0.25, 0.3) is 0 Å². The highest BCUT2D eigenvalue weighted by Gasteiger charge is 2.31. The molecule has 1 amide bonds. The summed E-state index contributed by atoms with van der Waals surface area (Å²) in [6.45, 7) is 1.46. The van der Waals surface area contributed by atoms with Crippen molar-refractivity contribution in [1.82, 2.24) is 10.2 Å². The minimum absolute atomic E-state index is 0.00768. The molecule has 2 aliphatic rings. The van der Waals surface area contributed by atoms with E-state index in [1.54, 1.807) is 0 Å². The molecular formula is C15H19N3O4. The molecule has 2 saturated heterocycles. The van der Waals surface area contributed by atoms with Gasteiger partial charge in [-0.25, -0.2) is 0 Å². The van der Waals surface area contributed by atoms with E-state index in [-0.39, 0.29) is 18.2 Å². The molecule has 3 rings (SSSR count). The summed E-state index contributed by atoms with van der Waals surface area (Å²) >= 11 is 0. The van der Waals surface area contributed by atoms with Gasteiger partial charge in [0.15, 0.2) is 6.61 Å². The van der Waals surface area contributed by atoms with Gasteiger partial charge in [0.05, 0.1) is 4.92 Å². The lowest BCUT2D eigenvalue weighted by Crippen LogP contribution is -2.41. The fourth-order valence-electron chi connectivity index (χ4n) is 3.07. The largest absolute Gasteiger partial charge is 0.484 e. The Morgan fingerprint density at radius 2 is 2.00 bits per heavy atom. The van der Waals surface area contributed by atoms with E-state index in [1.807, 2.05) is 4.90 Å². The molecule has 2 atom stereocenters. The highest BCUT2D eigenvalue weighted by Crippen LogP contribution is 2.21. The SMILES string of the molecule is O=C(COc1ccc([N+](=O)[O-])cc1)N1CCC2CCC(C1)N2. The summed E-state index contributed by atoms with van der Waals surface area (Å²) in [5.41, 5.74) is 0.00768. The molecule has 2 fully saturated rings. The molecule has 7 heteroatoms. The fraction of sp³-hybridized carbons (Fsp3) is 0.533. The zero-order valence-electron chi connectivity index (χ0n) is 12.2. The minimum atomic E-state index is -0.464. The zero-order valence-corrected chi connectivity index (χ0v) is 12.2. The summed E-state index contributed by atoms with van der Waals surface area (Å²) in [7, 11) is 0. The molecule has 0 aliphatic carbocycles. The fourth-order valence-corrected chi connectivity index (χ4v) is 3.07. The number of nitrogens with one attached hydrogen (secondary N) is 1. The van der Waals surface area contributed by atoms with E-state index in [0.29, 0.717) is 17.8 Å². The number of amides is 1. The molecule has 2 bridgehead atoms. The molecule has 1 aromatic carbocycles. The smallest absolute Gasteiger partial charge is 0.269 e. The van der Waals surface area contributed by atoms with Crippen molar-refractivity contribution in [2.24, 2.45) is 0 Å². The lowest BCUT2D eigenvalue weighted by atomic mass is 10.1. The van der Waals surface area contributed by atoms with Crippen LogP contribution in [0.15, 0.2) is 24.3 Å². The molecule has 2 unspecified atom stereocenters. The number of nitro benzene ring substituents is 1. The van der Waals surface area contributed by atoms with Crippen LogP contribution in [0.4, 0.5) is 5.69 Å². The number of fused-ring (bicyclic) bond motifs is 2. The van der Waals surface area contributed by atoms with E-state index in [0.717, 1.165) is 25.9 Å². The van der Waals surface area contributed by atoms with Gasteiger partial charge in [0.2, 0.25) is 0 Å². The van der Waals surface area contributed by atoms with E-state index in [2.05, 4.69) is 5.32 Å². The van der Waals surface area contributed by atoms with Crippen LogP contribution in [-0.2, 0) is 4.79 Å². The quantitative estimate of drug-likeness (QED) is 0.670. The van der Waals surface area contributed by atoms with Gasteiger partial charge in [0, 0.05) is 37.3 Å². The average molecular weight is 305 g/mol. The van der Waals surface area contributed by atoms with E-state index in [9.17, 15) is 14.9 Å². The van der Waals surface area contributed by atoms with E-state index < -0.39 is 4.92 Å².